The van der Waals surface area contributed by atoms with Crippen molar-refractivity contribution in [2.45, 2.75) is 20.3 Å². The first-order chi connectivity index (χ1) is 4.25. The number of hydrogen-bond acceptors (Lipinski definition) is 1. The van der Waals surface area contributed by atoms with Gasteiger partial charge in [0.25, 0.3) is 0 Å². The van der Waals surface area contributed by atoms with Gasteiger partial charge < -0.3 is 4.90 Å². The summed E-state index contributed by atoms with van der Waals surface area (Å²) in [6.07, 6.45) is 1.30. The van der Waals surface area contributed by atoms with Gasteiger partial charge in [0.1, 0.15) is 0 Å². The van der Waals surface area contributed by atoms with Gasteiger partial charge in [-0.15, -0.1) is 0 Å². The maximum absolute atomic E-state index is 4.01. The molecule has 0 aromatic rings. The van der Waals surface area contributed by atoms with Crippen molar-refractivity contribution >= 4 is 0 Å². The van der Waals surface area contributed by atoms with Gasteiger partial charge in [-0.3, -0.25) is 0 Å². The lowest BCUT2D eigenvalue weighted by atomic mass is 10.1. The summed E-state index contributed by atoms with van der Waals surface area (Å²) in [5.74, 6) is 0.727. The zero-order valence-corrected chi connectivity index (χ0v) is 6.35. The highest BCUT2D eigenvalue weighted by atomic mass is 15.1. The monoisotopic (exact) mass is 125 g/mol. The van der Waals surface area contributed by atoms with E-state index in [-0.39, 0.29) is 0 Å². The van der Waals surface area contributed by atoms with Gasteiger partial charge in [-0.2, -0.15) is 0 Å². The summed E-state index contributed by atoms with van der Waals surface area (Å²) < 4.78 is 0. The van der Waals surface area contributed by atoms with Crippen molar-refractivity contribution in [1.29, 1.82) is 0 Å². The molecule has 0 N–H and O–H groups in total. The molecule has 1 rings (SSSR count). The molecule has 0 aromatic carbocycles. The molecule has 1 fully saturated rings. The van der Waals surface area contributed by atoms with Crippen LogP contribution in [0.5, 0.6) is 0 Å². The molecule has 1 heterocycles. The van der Waals surface area contributed by atoms with Gasteiger partial charge >= 0.3 is 0 Å². The van der Waals surface area contributed by atoms with E-state index in [1.54, 1.807) is 0 Å². The van der Waals surface area contributed by atoms with E-state index >= 15 is 0 Å². The lowest BCUT2D eigenvalue weighted by Gasteiger charge is -2.16. The minimum absolute atomic E-state index is 0.727. The van der Waals surface area contributed by atoms with Crippen LogP contribution in [0, 0.1) is 5.92 Å². The second kappa shape index (κ2) is 2.42. The molecule has 0 aromatic heterocycles. The third-order valence-electron chi connectivity index (χ3n) is 2.19. The van der Waals surface area contributed by atoms with E-state index in [1.807, 2.05) is 0 Å². The van der Waals surface area contributed by atoms with Crippen LogP contribution in [0.15, 0.2) is 12.3 Å². The fourth-order valence-corrected chi connectivity index (χ4v) is 1.33. The van der Waals surface area contributed by atoms with E-state index in [4.69, 9.17) is 0 Å². The van der Waals surface area contributed by atoms with Crippen LogP contribution in [0.4, 0.5) is 0 Å². The summed E-state index contributed by atoms with van der Waals surface area (Å²) in [6.45, 7) is 10.8. The Hall–Kier alpha value is -0.460. The predicted octanol–water partition coefficient (Wildman–Crippen LogP) is 1.86. The maximum Gasteiger partial charge on any atom is 0.0181 e. The second-order valence-corrected chi connectivity index (χ2v) is 2.76. The largest absolute Gasteiger partial charge is 0.375 e. The molecular weight excluding hydrogens is 110 g/mol. The van der Waals surface area contributed by atoms with Gasteiger partial charge in [0.05, 0.1) is 0 Å². The van der Waals surface area contributed by atoms with Crippen LogP contribution in [0.1, 0.15) is 20.3 Å². The molecule has 1 heteroatoms. The Morgan fingerprint density at radius 3 is 2.67 bits per heavy atom. The van der Waals surface area contributed by atoms with Crippen molar-refractivity contribution in [2.24, 2.45) is 5.92 Å². The smallest absolute Gasteiger partial charge is 0.0181 e. The summed E-state index contributed by atoms with van der Waals surface area (Å²) in [6, 6.07) is 0. The molecule has 1 nitrogen and oxygen atoms in total. The molecule has 1 aliphatic heterocycles. The number of allylic oxidation sites excluding steroid dienone is 1. The standard InChI is InChI=1S/C8H15N/c1-4-9-6-5-7(2)8(9)3/h7H,3-6H2,1-2H3. The van der Waals surface area contributed by atoms with Crippen molar-refractivity contribution in [3.05, 3.63) is 12.3 Å². The summed E-state index contributed by atoms with van der Waals surface area (Å²) in [7, 11) is 0. The van der Waals surface area contributed by atoms with Gasteiger partial charge in [0, 0.05) is 18.8 Å². The molecular formula is C8H15N. The molecule has 1 unspecified atom stereocenters. The first-order valence-corrected chi connectivity index (χ1v) is 3.69. The Kier molecular flexibility index (Phi) is 1.79. The average Bonchev–Trinajstić information content (AvgIpc) is 2.15. The molecule has 0 radical (unpaired) electrons. The molecule has 0 bridgehead atoms. The summed E-state index contributed by atoms with van der Waals surface area (Å²) >= 11 is 0. The van der Waals surface area contributed by atoms with Crippen LogP contribution in [0.3, 0.4) is 0 Å². The number of nitrogens with zero attached hydrogens (tertiary/aromatic N) is 1. The van der Waals surface area contributed by atoms with Crippen LogP contribution in [0.2, 0.25) is 0 Å². The lowest BCUT2D eigenvalue weighted by molar-refractivity contribution is 0.414. The Morgan fingerprint density at radius 2 is 2.44 bits per heavy atom. The van der Waals surface area contributed by atoms with Crippen molar-refractivity contribution in [3.63, 3.8) is 0 Å². The van der Waals surface area contributed by atoms with Gasteiger partial charge in [-0.25, -0.2) is 0 Å². The number of hydrogen-bond donors (Lipinski definition) is 0. The van der Waals surface area contributed by atoms with Gasteiger partial charge in [-0.1, -0.05) is 13.5 Å². The van der Waals surface area contributed by atoms with Gasteiger partial charge in [0.15, 0.2) is 0 Å². The molecule has 0 saturated carbocycles. The van der Waals surface area contributed by atoms with Gasteiger partial charge in [-0.05, 0) is 19.3 Å². The van der Waals surface area contributed by atoms with Crippen LogP contribution < -0.4 is 0 Å². The Labute approximate surface area is 57.4 Å². The topological polar surface area (TPSA) is 3.24 Å². The second-order valence-electron chi connectivity index (χ2n) is 2.76. The van der Waals surface area contributed by atoms with Crippen molar-refractivity contribution < 1.29 is 0 Å². The minimum atomic E-state index is 0.727. The van der Waals surface area contributed by atoms with Crippen LogP contribution in [-0.2, 0) is 0 Å². The SMILES string of the molecule is C=C1C(C)CCN1CC. The Bertz CT molecular complexity index is 118. The summed E-state index contributed by atoms with van der Waals surface area (Å²) in [5.41, 5.74) is 1.33. The van der Waals surface area contributed by atoms with Crippen LogP contribution in [-0.4, -0.2) is 18.0 Å². The minimum Gasteiger partial charge on any atom is -0.375 e. The van der Waals surface area contributed by atoms with E-state index < -0.39 is 0 Å². The van der Waals surface area contributed by atoms with Crippen molar-refractivity contribution in [3.8, 4) is 0 Å². The molecule has 52 valence electrons. The summed E-state index contributed by atoms with van der Waals surface area (Å²) in [5, 5.41) is 0. The van der Waals surface area contributed by atoms with E-state index in [0.717, 1.165) is 12.5 Å². The normalized spacial score (nSPS) is 27.6. The van der Waals surface area contributed by atoms with Crippen molar-refractivity contribution in [1.82, 2.24) is 4.90 Å². The highest BCUT2D eigenvalue weighted by Crippen LogP contribution is 2.24. The lowest BCUT2D eigenvalue weighted by Crippen LogP contribution is -2.16. The molecule has 1 aliphatic rings. The fraction of sp³-hybridized carbons (Fsp3) is 0.750. The highest BCUT2D eigenvalue weighted by Gasteiger charge is 2.19. The molecule has 0 aliphatic carbocycles. The van der Waals surface area contributed by atoms with Crippen molar-refractivity contribution in [2.75, 3.05) is 13.1 Å². The number of likely N-dealkylation sites (tertiary alicyclic amines) is 1. The van der Waals surface area contributed by atoms with E-state index in [0.29, 0.717) is 0 Å². The first kappa shape index (κ1) is 6.66. The highest BCUT2D eigenvalue weighted by molar-refractivity contribution is 5.03. The third kappa shape index (κ3) is 1.09. The third-order valence-corrected chi connectivity index (χ3v) is 2.19. The zero-order chi connectivity index (χ0) is 6.85. The molecule has 9 heavy (non-hydrogen) atoms. The number of rotatable bonds is 1. The fourth-order valence-electron chi connectivity index (χ4n) is 1.33. The Balaban J connectivity index is 2.51. The Morgan fingerprint density at radius 1 is 1.78 bits per heavy atom. The molecule has 0 spiro atoms. The van der Waals surface area contributed by atoms with Crippen LogP contribution >= 0.6 is 0 Å². The first-order valence-electron chi connectivity index (χ1n) is 3.69. The van der Waals surface area contributed by atoms with E-state index in [9.17, 15) is 0 Å². The molecule has 1 atom stereocenters. The van der Waals surface area contributed by atoms with Crippen LogP contribution in [0.25, 0.3) is 0 Å². The maximum atomic E-state index is 4.01. The predicted molar refractivity (Wildman–Crippen MR) is 40.2 cm³/mol. The quantitative estimate of drug-likeness (QED) is 0.517. The van der Waals surface area contributed by atoms with E-state index in [2.05, 4.69) is 25.3 Å². The average molecular weight is 125 g/mol. The van der Waals surface area contributed by atoms with E-state index in [1.165, 1.54) is 18.7 Å². The zero-order valence-electron chi connectivity index (χ0n) is 6.35. The van der Waals surface area contributed by atoms with Gasteiger partial charge in [0.2, 0.25) is 0 Å². The summed E-state index contributed by atoms with van der Waals surface area (Å²) in [4.78, 5) is 2.35. The molecule has 1 saturated heterocycles. The molecule has 0 amide bonds.